The standard InChI is InChI=1S/C11H25N3O/c1-6-9(2)13-11(15)10(3)12-7-8-14(4)5/h9-10,12H,6-8H2,1-5H3,(H,13,15). The van der Waals surface area contributed by atoms with Crippen molar-refractivity contribution >= 4 is 5.91 Å². The van der Waals surface area contributed by atoms with E-state index in [1.807, 2.05) is 27.9 Å². The van der Waals surface area contributed by atoms with Gasteiger partial charge in [-0.1, -0.05) is 6.92 Å². The number of likely N-dealkylation sites (N-methyl/N-ethyl adjacent to an activating group) is 1. The monoisotopic (exact) mass is 215 g/mol. The molecule has 0 aromatic heterocycles. The molecule has 0 aliphatic rings. The summed E-state index contributed by atoms with van der Waals surface area (Å²) in [6.07, 6.45) is 0.968. The lowest BCUT2D eigenvalue weighted by Crippen LogP contribution is -2.46. The summed E-state index contributed by atoms with van der Waals surface area (Å²) in [6.45, 7) is 7.76. The van der Waals surface area contributed by atoms with Crippen LogP contribution < -0.4 is 10.6 Å². The number of nitrogens with zero attached hydrogens (tertiary/aromatic N) is 1. The minimum atomic E-state index is -0.112. The Balaban J connectivity index is 3.69. The smallest absolute Gasteiger partial charge is 0.237 e. The molecule has 0 radical (unpaired) electrons. The number of hydrogen-bond donors (Lipinski definition) is 2. The van der Waals surface area contributed by atoms with Crippen molar-refractivity contribution in [2.45, 2.75) is 39.3 Å². The highest BCUT2D eigenvalue weighted by Crippen LogP contribution is 1.90. The van der Waals surface area contributed by atoms with Crippen molar-refractivity contribution in [1.82, 2.24) is 15.5 Å². The molecule has 0 aliphatic carbocycles. The lowest BCUT2D eigenvalue weighted by atomic mass is 10.2. The summed E-state index contributed by atoms with van der Waals surface area (Å²) in [6, 6.07) is 0.148. The third-order valence-electron chi connectivity index (χ3n) is 2.40. The molecule has 2 unspecified atom stereocenters. The Morgan fingerprint density at radius 1 is 1.33 bits per heavy atom. The van der Waals surface area contributed by atoms with Crippen LogP contribution in [0.3, 0.4) is 0 Å². The van der Waals surface area contributed by atoms with Gasteiger partial charge in [0.25, 0.3) is 0 Å². The SMILES string of the molecule is CCC(C)NC(=O)C(C)NCCN(C)C. The predicted octanol–water partition coefficient (Wildman–Crippen LogP) is 0.441. The van der Waals surface area contributed by atoms with Crippen LogP contribution in [0.4, 0.5) is 0 Å². The molecule has 0 aromatic rings. The van der Waals surface area contributed by atoms with E-state index in [2.05, 4.69) is 22.5 Å². The van der Waals surface area contributed by atoms with Gasteiger partial charge >= 0.3 is 0 Å². The largest absolute Gasteiger partial charge is 0.352 e. The summed E-state index contributed by atoms with van der Waals surface area (Å²) in [4.78, 5) is 13.7. The molecule has 0 saturated heterocycles. The van der Waals surface area contributed by atoms with E-state index in [1.54, 1.807) is 0 Å². The maximum absolute atomic E-state index is 11.6. The molecule has 4 heteroatoms. The van der Waals surface area contributed by atoms with Crippen LogP contribution in [0.5, 0.6) is 0 Å². The molecule has 0 rings (SSSR count). The second kappa shape index (κ2) is 7.65. The summed E-state index contributed by atoms with van der Waals surface area (Å²) in [5.74, 6) is 0.0862. The molecule has 1 amide bonds. The minimum Gasteiger partial charge on any atom is -0.352 e. The number of amides is 1. The molecule has 90 valence electrons. The molecule has 0 aliphatic heterocycles. The van der Waals surface area contributed by atoms with E-state index in [4.69, 9.17) is 0 Å². The van der Waals surface area contributed by atoms with Crippen LogP contribution >= 0.6 is 0 Å². The predicted molar refractivity (Wildman–Crippen MR) is 63.9 cm³/mol. The van der Waals surface area contributed by atoms with Crippen molar-refractivity contribution in [3.8, 4) is 0 Å². The highest BCUT2D eigenvalue weighted by Gasteiger charge is 2.13. The second-order valence-electron chi connectivity index (χ2n) is 4.30. The quantitative estimate of drug-likeness (QED) is 0.648. The normalized spacial score (nSPS) is 15.1. The first-order chi connectivity index (χ1) is 6.97. The summed E-state index contributed by atoms with van der Waals surface area (Å²) in [7, 11) is 4.04. The van der Waals surface area contributed by atoms with Crippen LogP contribution in [0.2, 0.25) is 0 Å². The first kappa shape index (κ1) is 14.4. The first-order valence-electron chi connectivity index (χ1n) is 5.65. The summed E-state index contributed by atoms with van der Waals surface area (Å²) in [5, 5.41) is 6.14. The average molecular weight is 215 g/mol. The Morgan fingerprint density at radius 2 is 1.93 bits per heavy atom. The maximum Gasteiger partial charge on any atom is 0.237 e. The third-order valence-corrected chi connectivity index (χ3v) is 2.40. The Kier molecular flexibility index (Phi) is 7.34. The Hall–Kier alpha value is -0.610. The van der Waals surface area contributed by atoms with Gasteiger partial charge < -0.3 is 15.5 Å². The number of carbonyl (C=O) groups is 1. The van der Waals surface area contributed by atoms with Gasteiger partial charge in [-0.3, -0.25) is 4.79 Å². The Bertz CT molecular complexity index is 183. The first-order valence-corrected chi connectivity index (χ1v) is 5.65. The van der Waals surface area contributed by atoms with Gasteiger partial charge in [-0.15, -0.1) is 0 Å². The van der Waals surface area contributed by atoms with Gasteiger partial charge in [0.05, 0.1) is 6.04 Å². The van der Waals surface area contributed by atoms with E-state index in [0.29, 0.717) is 0 Å². The summed E-state index contributed by atoms with van der Waals surface area (Å²) in [5.41, 5.74) is 0. The van der Waals surface area contributed by atoms with Crippen LogP contribution in [0.15, 0.2) is 0 Å². The molecule has 15 heavy (non-hydrogen) atoms. The molecule has 2 N–H and O–H groups in total. The molecule has 4 nitrogen and oxygen atoms in total. The zero-order chi connectivity index (χ0) is 11.8. The van der Waals surface area contributed by atoms with Crippen LogP contribution in [-0.4, -0.2) is 50.1 Å². The molecule has 0 bridgehead atoms. The van der Waals surface area contributed by atoms with Gasteiger partial charge in [0, 0.05) is 19.1 Å². The van der Waals surface area contributed by atoms with E-state index < -0.39 is 0 Å². The van der Waals surface area contributed by atoms with Gasteiger partial charge in [-0.2, -0.15) is 0 Å². The third kappa shape index (κ3) is 7.33. The number of carbonyl (C=O) groups excluding carboxylic acids is 1. The summed E-state index contributed by atoms with van der Waals surface area (Å²) < 4.78 is 0. The van der Waals surface area contributed by atoms with Crippen LogP contribution in [0.1, 0.15) is 27.2 Å². The van der Waals surface area contributed by atoms with E-state index >= 15 is 0 Å². The van der Waals surface area contributed by atoms with Gasteiger partial charge in [0.1, 0.15) is 0 Å². The molecule has 2 atom stereocenters. The second-order valence-corrected chi connectivity index (χ2v) is 4.30. The zero-order valence-corrected chi connectivity index (χ0v) is 10.6. The average Bonchev–Trinajstić information content (AvgIpc) is 2.16. The Labute approximate surface area is 93.4 Å². The number of nitrogens with one attached hydrogen (secondary N) is 2. The van der Waals surface area contributed by atoms with Gasteiger partial charge in [-0.05, 0) is 34.4 Å². The Morgan fingerprint density at radius 3 is 2.40 bits per heavy atom. The molecule has 0 heterocycles. The minimum absolute atomic E-state index is 0.0862. The topological polar surface area (TPSA) is 44.4 Å². The number of rotatable bonds is 7. The molecule has 0 spiro atoms. The zero-order valence-electron chi connectivity index (χ0n) is 10.6. The molecule has 0 aromatic carbocycles. The van der Waals surface area contributed by atoms with Gasteiger partial charge in [0.2, 0.25) is 5.91 Å². The van der Waals surface area contributed by atoms with Crippen molar-refractivity contribution in [3.63, 3.8) is 0 Å². The van der Waals surface area contributed by atoms with Crippen molar-refractivity contribution < 1.29 is 4.79 Å². The van der Waals surface area contributed by atoms with Crippen molar-refractivity contribution in [2.75, 3.05) is 27.2 Å². The maximum atomic E-state index is 11.6. The fraction of sp³-hybridized carbons (Fsp3) is 0.909. The molecular formula is C11H25N3O. The fourth-order valence-corrected chi connectivity index (χ4v) is 1.07. The van der Waals surface area contributed by atoms with Crippen molar-refractivity contribution in [3.05, 3.63) is 0 Å². The van der Waals surface area contributed by atoms with Crippen LogP contribution in [-0.2, 0) is 4.79 Å². The van der Waals surface area contributed by atoms with E-state index in [-0.39, 0.29) is 18.0 Å². The van der Waals surface area contributed by atoms with E-state index in [9.17, 15) is 4.79 Å². The van der Waals surface area contributed by atoms with Gasteiger partial charge in [-0.25, -0.2) is 0 Å². The van der Waals surface area contributed by atoms with E-state index in [0.717, 1.165) is 19.5 Å². The molecular weight excluding hydrogens is 190 g/mol. The molecule has 0 fully saturated rings. The fourth-order valence-electron chi connectivity index (χ4n) is 1.07. The van der Waals surface area contributed by atoms with Crippen LogP contribution in [0, 0.1) is 0 Å². The van der Waals surface area contributed by atoms with Gasteiger partial charge in [0.15, 0.2) is 0 Å². The highest BCUT2D eigenvalue weighted by molar-refractivity contribution is 5.81. The lowest BCUT2D eigenvalue weighted by molar-refractivity contribution is -0.123. The van der Waals surface area contributed by atoms with Crippen LogP contribution in [0.25, 0.3) is 0 Å². The highest BCUT2D eigenvalue weighted by atomic mass is 16.2. The number of hydrogen-bond acceptors (Lipinski definition) is 3. The lowest BCUT2D eigenvalue weighted by Gasteiger charge is -2.18. The summed E-state index contributed by atoms with van der Waals surface area (Å²) >= 11 is 0. The van der Waals surface area contributed by atoms with E-state index in [1.165, 1.54) is 0 Å². The van der Waals surface area contributed by atoms with Crippen molar-refractivity contribution in [2.24, 2.45) is 0 Å². The van der Waals surface area contributed by atoms with Crippen molar-refractivity contribution in [1.29, 1.82) is 0 Å². The molecule has 0 saturated carbocycles.